The van der Waals surface area contributed by atoms with E-state index < -0.39 is 24.0 Å². The number of hydrogen-bond donors (Lipinski definition) is 1. The number of ether oxygens (including phenoxy) is 4. The largest absolute Gasteiger partial charge is 0.461 e. The smallest absolute Gasteiger partial charge is 0.338 e. The molecule has 2 heterocycles. The molecule has 0 aromatic heterocycles. The van der Waals surface area contributed by atoms with Crippen LogP contribution >= 0.6 is 0 Å². The van der Waals surface area contributed by atoms with Crippen molar-refractivity contribution in [3.63, 3.8) is 0 Å². The van der Waals surface area contributed by atoms with Gasteiger partial charge in [0.2, 0.25) is 0 Å². The van der Waals surface area contributed by atoms with Crippen LogP contribution in [0.3, 0.4) is 0 Å². The van der Waals surface area contributed by atoms with Crippen LogP contribution in [0.15, 0.2) is 0 Å². The van der Waals surface area contributed by atoms with Gasteiger partial charge in [-0.15, -0.1) is 0 Å². The number of hydrogen-bond acceptors (Lipinski definition) is 6. The molecule has 0 aromatic rings. The van der Waals surface area contributed by atoms with Crippen molar-refractivity contribution in [2.45, 2.75) is 64.0 Å². The fourth-order valence-electron chi connectivity index (χ4n) is 2.36. The summed E-state index contributed by atoms with van der Waals surface area (Å²) in [6.45, 7) is 7.49. The number of esters is 1. The van der Waals surface area contributed by atoms with E-state index in [0.717, 1.165) is 0 Å². The van der Waals surface area contributed by atoms with Crippen LogP contribution in [0, 0.1) is 0 Å². The first-order valence-corrected chi connectivity index (χ1v) is 6.25. The van der Waals surface area contributed by atoms with Crippen molar-refractivity contribution in [3.05, 3.63) is 0 Å². The third-order valence-electron chi connectivity index (χ3n) is 2.97. The maximum atomic E-state index is 11.9. The molecule has 2 rings (SSSR count). The van der Waals surface area contributed by atoms with Gasteiger partial charge >= 0.3 is 5.97 Å². The van der Waals surface area contributed by atoms with Gasteiger partial charge in [-0.25, -0.2) is 4.79 Å². The van der Waals surface area contributed by atoms with Gasteiger partial charge in [0.25, 0.3) is 0 Å². The van der Waals surface area contributed by atoms with Crippen molar-refractivity contribution in [1.82, 2.24) is 0 Å². The quantitative estimate of drug-likeness (QED) is 0.728. The summed E-state index contributed by atoms with van der Waals surface area (Å²) in [6.07, 6.45) is -2.03. The van der Waals surface area contributed by atoms with E-state index in [1.807, 2.05) is 13.8 Å². The molecular weight excluding hydrogens is 238 g/mol. The Morgan fingerprint density at radius 3 is 2.50 bits per heavy atom. The van der Waals surface area contributed by atoms with Crippen LogP contribution in [-0.2, 0) is 23.7 Å². The Balaban J connectivity index is 2.11. The zero-order chi connectivity index (χ0) is 13.5. The molecule has 0 saturated carbocycles. The van der Waals surface area contributed by atoms with Crippen molar-refractivity contribution in [2.75, 3.05) is 6.54 Å². The van der Waals surface area contributed by atoms with Gasteiger partial charge < -0.3 is 24.7 Å². The zero-order valence-corrected chi connectivity index (χ0v) is 11.2. The van der Waals surface area contributed by atoms with E-state index in [-0.39, 0.29) is 24.9 Å². The van der Waals surface area contributed by atoms with E-state index in [0.29, 0.717) is 0 Å². The van der Waals surface area contributed by atoms with Crippen LogP contribution in [0.1, 0.15) is 27.7 Å². The predicted molar refractivity (Wildman–Crippen MR) is 62.8 cm³/mol. The van der Waals surface area contributed by atoms with Crippen molar-refractivity contribution in [1.29, 1.82) is 0 Å². The number of nitrogens with two attached hydrogens (primary N) is 1. The summed E-state index contributed by atoms with van der Waals surface area (Å²) in [5, 5.41) is 0. The topological polar surface area (TPSA) is 80.0 Å². The summed E-state index contributed by atoms with van der Waals surface area (Å²) >= 11 is 0. The monoisotopic (exact) mass is 259 g/mol. The first-order valence-electron chi connectivity index (χ1n) is 6.25. The highest BCUT2D eigenvalue weighted by molar-refractivity contribution is 5.76. The lowest BCUT2D eigenvalue weighted by molar-refractivity contribution is -0.196. The summed E-state index contributed by atoms with van der Waals surface area (Å²) in [7, 11) is 0. The van der Waals surface area contributed by atoms with E-state index in [4.69, 9.17) is 24.7 Å². The average Bonchev–Trinajstić information content (AvgIpc) is 2.69. The lowest BCUT2D eigenvalue weighted by Crippen LogP contribution is -2.37. The Hall–Kier alpha value is -0.690. The Kier molecular flexibility index (Phi) is 3.64. The first-order chi connectivity index (χ1) is 8.34. The van der Waals surface area contributed by atoms with Crippen LogP contribution in [0.4, 0.5) is 0 Å². The molecule has 0 spiro atoms. The second-order valence-electron chi connectivity index (χ2n) is 5.38. The van der Waals surface area contributed by atoms with Gasteiger partial charge in [0, 0.05) is 6.54 Å². The molecule has 0 aliphatic carbocycles. The Morgan fingerprint density at radius 1 is 1.33 bits per heavy atom. The molecular formula is C12H21NO5. The van der Waals surface area contributed by atoms with Gasteiger partial charge in [0.1, 0.15) is 12.2 Å². The number of rotatable bonds is 3. The van der Waals surface area contributed by atoms with Crippen molar-refractivity contribution in [2.24, 2.45) is 5.73 Å². The molecule has 0 radical (unpaired) electrons. The minimum absolute atomic E-state index is 0.188. The van der Waals surface area contributed by atoms with Crippen LogP contribution in [-0.4, -0.2) is 48.8 Å². The van der Waals surface area contributed by atoms with Crippen molar-refractivity contribution >= 4 is 5.97 Å². The third kappa shape index (κ3) is 2.51. The van der Waals surface area contributed by atoms with Gasteiger partial charge in [-0.2, -0.15) is 0 Å². The summed E-state index contributed by atoms with van der Waals surface area (Å²) < 4.78 is 22.2. The Labute approximate surface area is 107 Å². The minimum atomic E-state index is -0.757. The highest BCUT2D eigenvalue weighted by Crippen LogP contribution is 2.38. The van der Waals surface area contributed by atoms with E-state index in [9.17, 15) is 4.79 Å². The van der Waals surface area contributed by atoms with Gasteiger partial charge in [-0.3, -0.25) is 0 Å². The molecule has 4 atom stereocenters. The molecule has 18 heavy (non-hydrogen) atoms. The fraction of sp³-hybridized carbons (Fsp3) is 0.917. The lowest BCUT2D eigenvalue weighted by Gasteiger charge is -2.23. The molecule has 0 unspecified atom stereocenters. The molecule has 6 nitrogen and oxygen atoms in total. The van der Waals surface area contributed by atoms with E-state index >= 15 is 0 Å². The van der Waals surface area contributed by atoms with Gasteiger partial charge in [0.15, 0.2) is 11.9 Å². The standard InChI is InChI=1S/C12H21NO5/c1-6(2)15-11(14)10-9-8(7(5-13)16-10)17-12(3,4)18-9/h6-10H,5,13H2,1-4H3/t7-,8-,9-,10-/m1/s1. The zero-order valence-electron chi connectivity index (χ0n) is 11.2. The van der Waals surface area contributed by atoms with Gasteiger partial charge in [-0.1, -0.05) is 0 Å². The molecule has 6 heteroatoms. The molecule has 2 fully saturated rings. The first kappa shape index (κ1) is 13.7. The van der Waals surface area contributed by atoms with E-state index in [1.54, 1.807) is 13.8 Å². The van der Waals surface area contributed by atoms with Crippen molar-refractivity contribution < 1.29 is 23.7 Å². The lowest BCUT2D eigenvalue weighted by atomic mass is 10.1. The number of fused-ring (bicyclic) bond motifs is 1. The summed E-state index contributed by atoms with van der Waals surface area (Å²) in [4.78, 5) is 11.9. The normalized spacial score (nSPS) is 37.9. The van der Waals surface area contributed by atoms with Crippen LogP contribution in [0.25, 0.3) is 0 Å². The predicted octanol–water partition coefficient (Wildman–Crippen LogP) is 0.184. The van der Waals surface area contributed by atoms with Gasteiger partial charge in [0.05, 0.1) is 12.2 Å². The molecule has 2 N–H and O–H groups in total. The fourth-order valence-corrected chi connectivity index (χ4v) is 2.36. The molecule has 0 amide bonds. The molecule has 2 aliphatic heterocycles. The molecule has 2 aliphatic rings. The second-order valence-corrected chi connectivity index (χ2v) is 5.38. The van der Waals surface area contributed by atoms with Crippen LogP contribution in [0.2, 0.25) is 0 Å². The van der Waals surface area contributed by atoms with Crippen molar-refractivity contribution in [3.8, 4) is 0 Å². The summed E-state index contributed by atoms with van der Waals surface area (Å²) in [5.74, 6) is -1.14. The Bertz CT molecular complexity index is 330. The second kappa shape index (κ2) is 4.77. The Morgan fingerprint density at radius 2 is 1.94 bits per heavy atom. The highest BCUT2D eigenvalue weighted by Gasteiger charge is 2.57. The molecule has 104 valence electrons. The highest BCUT2D eigenvalue weighted by atomic mass is 16.8. The maximum absolute atomic E-state index is 11.9. The number of carbonyl (C=O) groups excluding carboxylic acids is 1. The van der Waals surface area contributed by atoms with Crippen LogP contribution < -0.4 is 5.73 Å². The van der Waals surface area contributed by atoms with E-state index in [2.05, 4.69) is 0 Å². The number of carbonyl (C=O) groups is 1. The molecule has 0 aromatic carbocycles. The third-order valence-corrected chi connectivity index (χ3v) is 2.97. The minimum Gasteiger partial charge on any atom is -0.461 e. The summed E-state index contributed by atoms with van der Waals surface area (Å²) in [5.41, 5.74) is 5.63. The van der Waals surface area contributed by atoms with Crippen LogP contribution in [0.5, 0.6) is 0 Å². The summed E-state index contributed by atoms with van der Waals surface area (Å²) in [6, 6.07) is 0. The molecule has 2 saturated heterocycles. The molecule has 0 bridgehead atoms. The van der Waals surface area contributed by atoms with E-state index in [1.165, 1.54) is 0 Å². The SMILES string of the molecule is CC(C)OC(=O)[C@@H]1O[C@H](CN)[C@H]2OC(C)(C)O[C@H]21. The maximum Gasteiger partial charge on any atom is 0.338 e. The van der Waals surface area contributed by atoms with Gasteiger partial charge in [-0.05, 0) is 27.7 Å². The average molecular weight is 259 g/mol.